The van der Waals surface area contributed by atoms with Crippen LogP contribution in [0.5, 0.6) is 0 Å². The van der Waals surface area contributed by atoms with Crippen molar-refractivity contribution in [2.75, 3.05) is 16.8 Å². The second-order valence-electron chi connectivity index (χ2n) is 6.25. The number of carbonyl (C=O) groups excluding carboxylic acids is 2. The number of fused-ring (bicyclic) bond motifs is 1. The summed E-state index contributed by atoms with van der Waals surface area (Å²) >= 11 is 6.50. The molecule has 0 N–H and O–H groups in total. The van der Waals surface area contributed by atoms with Gasteiger partial charge in [0, 0.05) is 11.9 Å². The highest BCUT2D eigenvalue weighted by Gasteiger charge is 2.39. The largest absolute Gasteiger partial charge is 0.304 e. The van der Waals surface area contributed by atoms with Crippen LogP contribution in [0.15, 0.2) is 16.6 Å². The van der Waals surface area contributed by atoms with Gasteiger partial charge in [-0.2, -0.15) is 0 Å². The van der Waals surface area contributed by atoms with Gasteiger partial charge in [-0.15, -0.1) is 0 Å². The SMILES string of the molecule is CC(C)(C)C(CBr)CN1C(=O)C(=O)c2cc(Br)c(F)cc21. The first-order valence-electron chi connectivity index (χ1n) is 6.58. The van der Waals surface area contributed by atoms with E-state index >= 15 is 0 Å². The molecule has 0 saturated carbocycles. The summed E-state index contributed by atoms with van der Waals surface area (Å²) in [6.07, 6.45) is 0. The highest BCUT2D eigenvalue weighted by Crippen LogP contribution is 2.36. The van der Waals surface area contributed by atoms with Gasteiger partial charge in [0.25, 0.3) is 11.7 Å². The molecule has 0 fully saturated rings. The standard InChI is InChI=1S/C15H16Br2FNO2/c1-15(2,3)8(6-16)7-19-12-5-11(18)10(17)4-9(12)13(20)14(19)21/h4-5,8H,6-7H2,1-3H3. The third kappa shape index (κ3) is 3.06. The number of amides is 1. The summed E-state index contributed by atoms with van der Waals surface area (Å²) in [5.41, 5.74) is 0.583. The van der Waals surface area contributed by atoms with Crippen molar-refractivity contribution in [3.8, 4) is 0 Å². The molecule has 1 aliphatic heterocycles. The van der Waals surface area contributed by atoms with Crippen molar-refractivity contribution in [3.63, 3.8) is 0 Å². The molecule has 2 rings (SSSR count). The number of halogens is 3. The van der Waals surface area contributed by atoms with E-state index in [0.717, 1.165) is 0 Å². The Bertz CT molecular complexity index is 610. The summed E-state index contributed by atoms with van der Waals surface area (Å²) in [6, 6.07) is 2.63. The van der Waals surface area contributed by atoms with Crippen molar-refractivity contribution in [1.29, 1.82) is 0 Å². The summed E-state index contributed by atoms with van der Waals surface area (Å²) < 4.78 is 13.9. The first-order chi connectivity index (χ1) is 9.66. The molecule has 114 valence electrons. The van der Waals surface area contributed by atoms with Crippen LogP contribution in [0, 0.1) is 17.2 Å². The lowest BCUT2D eigenvalue weighted by atomic mass is 9.82. The van der Waals surface area contributed by atoms with Crippen molar-refractivity contribution in [2.45, 2.75) is 20.8 Å². The lowest BCUT2D eigenvalue weighted by Crippen LogP contribution is -2.39. The van der Waals surface area contributed by atoms with Gasteiger partial charge in [-0.05, 0) is 39.4 Å². The zero-order valence-electron chi connectivity index (χ0n) is 12.0. The van der Waals surface area contributed by atoms with Crippen LogP contribution < -0.4 is 4.90 Å². The number of alkyl halides is 1. The molecule has 0 bridgehead atoms. The van der Waals surface area contributed by atoms with E-state index < -0.39 is 17.5 Å². The molecular formula is C15H16Br2FNO2. The number of Topliss-reactive ketones (excluding diaryl/α,β-unsaturated/α-hetero) is 1. The normalized spacial score (nSPS) is 16.4. The van der Waals surface area contributed by atoms with Crippen LogP contribution in [-0.2, 0) is 4.79 Å². The first kappa shape index (κ1) is 16.6. The van der Waals surface area contributed by atoms with Gasteiger partial charge in [0.1, 0.15) is 5.82 Å². The zero-order valence-corrected chi connectivity index (χ0v) is 15.2. The van der Waals surface area contributed by atoms with Gasteiger partial charge in [-0.1, -0.05) is 36.7 Å². The molecule has 1 aliphatic rings. The van der Waals surface area contributed by atoms with Crippen LogP contribution in [0.3, 0.4) is 0 Å². The minimum Gasteiger partial charge on any atom is -0.304 e. The van der Waals surface area contributed by atoms with E-state index in [1.54, 1.807) is 0 Å². The molecule has 0 aromatic heterocycles. The smallest absolute Gasteiger partial charge is 0.299 e. The Balaban J connectivity index is 2.41. The number of benzene rings is 1. The maximum Gasteiger partial charge on any atom is 0.299 e. The fourth-order valence-corrected chi connectivity index (χ4v) is 3.76. The van der Waals surface area contributed by atoms with E-state index in [0.29, 0.717) is 17.6 Å². The van der Waals surface area contributed by atoms with Crippen molar-refractivity contribution in [3.05, 3.63) is 28.0 Å². The van der Waals surface area contributed by atoms with Crippen LogP contribution in [0.1, 0.15) is 31.1 Å². The third-order valence-corrected chi connectivity index (χ3v) is 5.22. The number of rotatable bonds is 3. The van der Waals surface area contributed by atoms with Crippen LogP contribution in [0.25, 0.3) is 0 Å². The minimum atomic E-state index is -0.585. The summed E-state index contributed by atoms with van der Waals surface area (Å²) in [7, 11) is 0. The molecular weight excluding hydrogens is 405 g/mol. The summed E-state index contributed by atoms with van der Waals surface area (Å²) in [4.78, 5) is 25.6. The van der Waals surface area contributed by atoms with E-state index in [1.165, 1.54) is 17.0 Å². The van der Waals surface area contributed by atoms with Crippen molar-refractivity contribution in [1.82, 2.24) is 0 Å². The Morgan fingerprint density at radius 1 is 1.29 bits per heavy atom. The number of hydrogen-bond donors (Lipinski definition) is 0. The molecule has 0 radical (unpaired) electrons. The summed E-state index contributed by atoms with van der Waals surface area (Å²) in [6.45, 7) is 6.60. The van der Waals surface area contributed by atoms with Crippen molar-refractivity contribution < 1.29 is 14.0 Å². The average Bonchev–Trinajstić information content (AvgIpc) is 2.60. The van der Waals surface area contributed by atoms with Crippen LogP contribution in [0.4, 0.5) is 10.1 Å². The molecule has 1 unspecified atom stereocenters. The number of anilines is 1. The Labute approximate surface area is 140 Å². The second-order valence-corrected chi connectivity index (χ2v) is 7.75. The number of nitrogens with zero attached hydrogens (tertiary/aromatic N) is 1. The van der Waals surface area contributed by atoms with E-state index in [4.69, 9.17) is 0 Å². The Kier molecular flexibility index (Phi) is 4.59. The molecule has 1 aromatic carbocycles. The van der Waals surface area contributed by atoms with Crippen LogP contribution in [0.2, 0.25) is 0 Å². The van der Waals surface area contributed by atoms with Gasteiger partial charge in [-0.25, -0.2) is 4.39 Å². The number of carbonyl (C=O) groups is 2. The molecule has 0 saturated heterocycles. The van der Waals surface area contributed by atoms with Gasteiger partial charge < -0.3 is 4.90 Å². The highest BCUT2D eigenvalue weighted by molar-refractivity contribution is 9.10. The van der Waals surface area contributed by atoms with Gasteiger partial charge in [0.2, 0.25) is 0 Å². The maximum absolute atomic E-state index is 13.7. The van der Waals surface area contributed by atoms with Gasteiger partial charge in [0.15, 0.2) is 0 Å². The van der Waals surface area contributed by atoms with E-state index in [2.05, 4.69) is 52.6 Å². The molecule has 3 nitrogen and oxygen atoms in total. The lowest BCUT2D eigenvalue weighted by molar-refractivity contribution is -0.114. The zero-order chi connectivity index (χ0) is 15.9. The molecule has 1 atom stereocenters. The molecule has 0 aliphatic carbocycles. The van der Waals surface area contributed by atoms with Gasteiger partial charge in [-0.3, -0.25) is 9.59 Å². The topological polar surface area (TPSA) is 37.4 Å². The van der Waals surface area contributed by atoms with E-state index in [9.17, 15) is 14.0 Å². The maximum atomic E-state index is 13.7. The average molecular weight is 421 g/mol. The van der Waals surface area contributed by atoms with Crippen molar-refractivity contribution in [2.24, 2.45) is 11.3 Å². The molecule has 21 heavy (non-hydrogen) atoms. The number of hydrogen-bond acceptors (Lipinski definition) is 2. The Hall–Kier alpha value is -0.750. The predicted octanol–water partition coefficient (Wildman–Crippen LogP) is 4.17. The Morgan fingerprint density at radius 3 is 2.43 bits per heavy atom. The van der Waals surface area contributed by atoms with Crippen molar-refractivity contribution >= 4 is 49.2 Å². The van der Waals surface area contributed by atoms with Gasteiger partial charge >= 0.3 is 0 Å². The lowest BCUT2D eigenvalue weighted by Gasteiger charge is -2.32. The minimum absolute atomic E-state index is 0.0382. The quantitative estimate of drug-likeness (QED) is 0.543. The highest BCUT2D eigenvalue weighted by atomic mass is 79.9. The molecule has 0 spiro atoms. The Morgan fingerprint density at radius 2 is 1.90 bits per heavy atom. The molecule has 1 heterocycles. The third-order valence-electron chi connectivity index (χ3n) is 3.83. The fraction of sp³-hybridized carbons (Fsp3) is 0.467. The summed E-state index contributed by atoms with van der Waals surface area (Å²) in [5, 5.41) is 0.697. The molecule has 6 heteroatoms. The molecule has 1 amide bonds. The number of ketones is 1. The van der Waals surface area contributed by atoms with Crippen LogP contribution in [-0.4, -0.2) is 23.6 Å². The van der Waals surface area contributed by atoms with E-state index in [1.807, 2.05) is 0 Å². The van der Waals surface area contributed by atoms with E-state index in [-0.39, 0.29) is 21.4 Å². The van der Waals surface area contributed by atoms with Crippen LogP contribution >= 0.6 is 31.9 Å². The first-order valence-corrected chi connectivity index (χ1v) is 8.49. The molecule has 1 aromatic rings. The van der Waals surface area contributed by atoms with Gasteiger partial charge in [0.05, 0.1) is 15.7 Å². The predicted molar refractivity (Wildman–Crippen MR) is 87.5 cm³/mol. The monoisotopic (exact) mass is 419 g/mol. The fourth-order valence-electron chi connectivity index (χ4n) is 2.24. The summed E-state index contributed by atoms with van der Waals surface area (Å²) in [5.74, 6) is -1.50. The second kappa shape index (κ2) is 5.80.